The molecule has 3 N–H and O–H groups in total. The zero-order valence-electron chi connectivity index (χ0n) is 15.9. The molecule has 1 amide bonds. The first-order valence-corrected chi connectivity index (χ1v) is 9.80. The van der Waals surface area contributed by atoms with Crippen LogP contribution in [0.4, 0.5) is 5.69 Å². The number of nitrogens with one attached hydrogen (secondary N) is 3. The predicted molar refractivity (Wildman–Crippen MR) is 107 cm³/mol. The van der Waals surface area contributed by atoms with Crippen molar-refractivity contribution < 1.29 is 4.79 Å². The zero-order chi connectivity index (χ0) is 18.4. The molecular formula is C20H31N5O. The Morgan fingerprint density at radius 3 is 2.65 bits per heavy atom. The number of anilines is 1. The molecule has 0 spiro atoms. The summed E-state index contributed by atoms with van der Waals surface area (Å²) in [6.07, 6.45) is 3.17. The molecule has 1 aromatic rings. The summed E-state index contributed by atoms with van der Waals surface area (Å²) in [5.74, 6) is 1.28. The molecule has 1 aliphatic carbocycles. The first kappa shape index (κ1) is 18.5. The van der Waals surface area contributed by atoms with Gasteiger partial charge in [-0.1, -0.05) is 17.7 Å². The van der Waals surface area contributed by atoms with Crippen LogP contribution in [0.1, 0.15) is 31.7 Å². The highest BCUT2D eigenvalue weighted by molar-refractivity contribution is 5.81. The second kappa shape index (κ2) is 8.92. The van der Waals surface area contributed by atoms with E-state index in [2.05, 4.69) is 64.0 Å². The van der Waals surface area contributed by atoms with Crippen molar-refractivity contribution >= 4 is 17.6 Å². The minimum absolute atomic E-state index is 0.183. The summed E-state index contributed by atoms with van der Waals surface area (Å²) in [6.45, 7) is 8.25. The molecule has 26 heavy (non-hydrogen) atoms. The minimum atomic E-state index is 0.183. The first-order chi connectivity index (χ1) is 12.7. The number of carbonyl (C=O) groups excluding carboxylic acids is 1. The van der Waals surface area contributed by atoms with Crippen LogP contribution in [0.2, 0.25) is 0 Å². The van der Waals surface area contributed by atoms with E-state index in [4.69, 9.17) is 0 Å². The highest BCUT2D eigenvalue weighted by Crippen LogP contribution is 2.28. The van der Waals surface area contributed by atoms with Gasteiger partial charge in [0, 0.05) is 43.8 Å². The third kappa shape index (κ3) is 5.38. The topological polar surface area (TPSA) is 68.8 Å². The number of benzene rings is 1. The molecule has 6 nitrogen and oxygen atoms in total. The molecule has 2 fully saturated rings. The van der Waals surface area contributed by atoms with E-state index in [1.54, 1.807) is 0 Å². The molecule has 1 heterocycles. The summed E-state index contributed by atoms with van der Waals surface area (Å²) in [5.41, 5.74) is 2.57. The van der Waals surface area contributed by atoms with Crippen LogP contribution in [0, 0.1) is 12.8 Å². The molecule has 0 aromatic heterocycles. The molecule has 1 saturated carbocycles. The van der Waals surface area contributed by atoms with Gasteiger partial charge in [-0.25, -0.2) is 0 Å². The largest absolute Gasteiger partial charge is 0.369 e. The first-order valence-electron chi connectivity index (χ1n) is 9.80. The molecule has 0 bridgehead atoms. The maximum Gasteiger partial charge on any atom is 0.223 e. The average Bonchev–Trinajstić information content (AvgIpc) is 3.39. The summed E-state index contributed by atoms with van der Waals surface area (Å²) >= 11 is 0. The van der Waals surface area contributed by atoms with Crippen molar-refractivity contribution in [3.8, 4) is 0 Å². The summed E-state index contributed by atoms with van der Waals surface area (Å²) in [7, 11) is 0. The van der Waals surface area contributed by atoms with Crippen molar-refractivity contribution in [2.75, 3.05) is 37.6 Å². The zero-order valence-corrected chi connectivity index (χ0v) is 15.9. The third-order valence-corrected chi connectivity index (χ3v) is 4.90. The van der Waals surface area contributed by atoms with Gasteiger partial charge in [-0.15, -0.1) is 0 Å². The lowest BCUT2D eigenvalue weighted by Crippen LogP contribution is -2.45. The Hall–Kier alpha value is -2.24. The highest BCUT2D eigenvalue weighted by Gasteiger charge is 2.29. The predicted octanol–water partition coefficient (Wildman–Crippen LogP) is 1.66. The lowest BCUT2D eigenvalue weighted by molar-refractivity contribution is -0.122. The maximum atomic E-state index is 11.6. The summed E-state index contributed by atoms with van der Waals surface area (Å²) in [5, 5.41) is 9.80. The fraction of sp³-hybridized carbons (Fsp3) is 0.600. The third-order valence-electron chi connectivity index (χ3n) is 4.90. The van der Waals surface area contributed by atoms with Crippen molar-refractivity contribution in [3.05, 3.63) is 29.8 Å². The number of hydrogen-bond acceptors (Lipinski definition) is 3. The second-order valence-electron chi connectivity index (χ2n) is 7.24. The van der Waals surface area contributed by atoms with E-state index in [-0.39, 0.29) is 11.8 Å². The molecule has 1 saturated heterocycles. The Balaban J connectivity index is 1.45. The van der Waals surface area contributed by atoms with E-state index < -0.39 is 0 Å². The van der Waals surface area contributed by atoms with Crippen LogP contribution in [-0.4, -0.2) is 50.6 Å². The van der Waals surface area contributed by atoms with Crippen molar-refractivity contribution in [1.29, 1.82) is 0 Å². The van der Waals surface area contributed by atoms with Crippen LogP contribution in [0.15, 0.2) is 29.3 Å². The molecule has 2 aliphatic rings. The lowest BCUT2D eigenvalue weighted by atomic mass is 10.2. The normalized spacial score (nSPS) is 20.2. The van der Waals surface area contributed by atoms with Gasteiger partial charge in [0.05, 0.1) is 6.54 Å². The summed E-state index contributed by atoms with van der Waals surface area (Å²) in [6, 6.07) is 9.10. The standard InChI is InChI=1S/C20H31N5O/c1-3-21-20(23-12-11-22-19(26)16-6-7-16)24-17-10-13-25(14-17)18-8-4-15(2)5-9-18/h4-5,8-9,16-17H,3,6-7,10-14H2,1-2H3,(H,22,26)(H2,21,23,24). The number of amides is 1. The van der Waals surface area contributed by atoms with Gasteiger partial charge in [-0.05, 0) is 45.2 Å². The number of aliphatic imine (C=N–C) groups is 1. The summed E-state index contributed by atoms with van der Waals surface area (Å²) < 4.78 is 0. The molecule has 0 radical (unpaired) electrons. The van der Waals surface area contributed by atoms with Crippen LogP contribution in [0.3, 0.4) is 0 Å². The second-order valence-corrected chi connectivity index (χ2v) is 7.24. The van der Waals surface area contributed by atoms with Gasteiger partial charge in [-0.2, -0.15) is 0 Å². The smallest absolute Gasteiger partial charge is 0.223 e. The molecule has 1 unspecified atom stereocenters. The lowest BCUT2D eigenvalue weighted by Gasteiger charge is -2.20. The molecule has 1 aromatic carbocycles. The molecule has 3 rings (SSSR count). The van der Waals surface area contributed by atoms with Crippen LogP contribution < -0.4 is 20.9 Å². The minimum Gasteiger partial charge on any atom is -0.369 e. The fourth-order valence-corrected chi connectivity index (χ4v) is 3.22. The molecule has 142 valence electrons. The number of aryl methyl sites for hydroxylation is 1. The van der Waals surface area contributed by atoms with E-state index in [0.717, 1.165) is 44.9 Å². The van der Waals surface area contributed by atoms with Gasteiger partial charge in [0.15, 0.2) is 5.96 Å². The van der Waals surface area contributed by atoms with Gasteiger partial charge < -0.3 is 20.9 Å². The Bertz CT molecular complexity index is 624. The Labute approximate surface area is 156 Å². The van der Waals surface area contributed by atoms with Crippen molar-refractivity contribution in [2.45, 2.75) is 39.2 Å². The van der Waals surface area contributed by atoms with E-state index in [1.807, 2.05) is 0 Å². The monoisotopic (exact) mass is 357 g/mol. The molecule has 1 atom stereocenters. The van der Waals surface area contributed by atoms with Gasteiger partial charge >= 0.3 is 0 Å². The van der Waals surface area contributed by atoms with Crippen LogP contribution in [0.25, 0.3) is 0 Å². The van der Waals surface area contributed by atoms with Crippen molar-refractivity contribution in [1.82, 2.24) is 16.0 Å². The molecule has 6 heteroatoms. The molecule has 1 aliphatic heterocycles. The van der Waals surface area contributed by atoms with Gasteiger partial charge in [0.1, 0.15) is 0 Å². The van der Waals surface area contributed by atoms with Gasteiger partial charge in [0.2, 0.25) is 5.91 Å². The molecular weight excluding hydrogens is 326 g/mol. The fourth-order valence-electron chi connectivity index (χ4n) is 3.22. The van der Waals surface area contributed by atoms with Crippen LogP contribution in [-0.2, 0) is 4.79 Å². The quantitative estimate of drug-likeness (QED) is 0.394. The Kier molecular flexibility index (Phi) is 6.36. The van der Waals surface area contributed by atoms with Gasteiger partial charge in [-0.3, -0.25) is 9.79 Å². The Morgan fingerprint density at radius 1 is 1.19 bits per heavy atom. The van der Waals surface area contributed by atoms with Gasteiger partial charge in [0.25, 0.3) is 0 Å². The SMILES string of the molecule is CCNC(=NCCNC(=O)C1CC1)NC1CCN(c2ccc(C)cc2)C1. The number of carbonyl (C=O) groups is 1. The van der Waals surface area contributed by atoms with E-state index in [9.17, 15) is 4.79 Å². The van der Waals surface area contributed by atoms with Crippen LogP contribution >= 0.6 is 0 Å². The number of guanidine groups is 1. The highest BCUT2D eigenvalue weighted by atomic mass is 16.2. The number of hydrogen-bond donors (Lipinski definition) is 3. The maximum absolute atomic E-state index is 11.6. The van der Waals surface area contributed by atoms with Crippen molar-refractivity contribution in [2.24, 2.45) is 10.9 Å². The summed E-state index contributed by atoms with van der Waals surface area (Å²) in [4.78, 5) is 18.7. The van der Waals surface area contributed by atoms with E-state index in [1.165, 1.54) is 11.3 Å². The van der Waals surface area contributed by atoms with E-state index in [0.29, 0.717) is 19.1 Å². The average molecular weight is 358 g/mol. The Morgan fingerprint density at radius 2 is 1.96 bits per heavy atom. The van der Waals surface area contributed by atoms with E-state index >= 15 is 0 Å². The number of rotatable bonds is 7. The number of nitrogens with zero attached hydrogens (tertiary/aromatic N) is 2. The van der Waals surface area contributed by atoms with Crippen molar-refractivity contribution in [3.63, 3.8) is 0 Å². The van der Waals surface area contributed by atoms with Crippen LogP contribution in [0.5, 0.6) is 0 Å².